The van der Waals surface area contributed by atoms with Crippen molar-refractivity contribution in [1.82, 2.24) is 10.2 Å². The molecule has 0 aliphatic carbocycles. The summed E-state index contributed by atoms with van der Waals surface area (Å²) in [6.07, 6.45) is -7.83. The molecule has 0 unspecified atom stereocenters. The standard InChI is InChI=1S/C14H13F5N2O/c15-11-5-21(6-12(11)16)4-7-1-8-9(3-20-13(8)22)10(2-7)14(17,18)19/h1-2,11-12H,3-6H2,(H,20,22)/t11-,12-/m1/s1. The van der Waals surface area contributed by atoms with E-state index in [2.05, 4.69) is 5.32 Å². The van der Waals surface area contributed by atoms with Gasteiger partial charge in [0.05, 0.1) is 5.56 Å². The molecule has 3 rings (SSSR count). The predicted octanol–water partition coefficient (Wildman–Crippen LogP) is 2.44. The summed E-state index contributed by atoms with van der Waals surface area (Å²) in [5.41, 5.74) is -0.734. The molecule has 1 aromatic carbocycles. The number of rotatable bonds is 2. The van der Waals surface area contributed by atoms with Crippen LogP contribution in [0.2, 0.25) is 0 Å². The monoisotopic (exact) mass is 320 g/mol. The molecule has 3 nitrogen and oxygen atoms in total. The first-order chi connectivity index (χ1) is 10.3. The third-order valence-corrected chi connectivity index (χ3v) is 3.95. The summed E-state index contributed by atoms with van der Waals surface area (Å²) in [5.74, 6) is -0.560. The van der Waals surface area contributed by atoms with Crippen molar-refractivity contribution in [3.8, 4) is 0 Å². The second-order valence-corrected chi connectivity index (χ2v) is 5.58. The lowest BCUT2D eigenvalue weighted by Crippen LogP contribution is -2.21. The van der Waals surface area contributed by atoms with Crippen LogP contribution in [-0.4, -0.2) is 36.2 Å². The van der Waals surface area contributed by atoms with Gasteiger partial charge >= 0.3 is 6.18 Å². The number of carbonyl (C=O) groups excluding carboxylic acids is 1. The van der Waals surface area contributed by atoms with Crippen molar-refractivity contribution >= 4 is 5.91 Å². The molecule has 0 saturated carbocycles. The maximum atomic E-state index is 13.2. The first-order valence-electron chi connectivity index (χ1n) is 6.77. The minimum atomic E-state index is -4.58. The number of hydrogen-bond donors (Lipinski definition) is 1. The van der Waals surface area contributed by atoms with Gasteiger partial charge in [-0.25, -0.2) is 8.78 Å². The van der Waals surface area contributed by atoms with Gasteiger partial charge in [-0.05, 0) is 23.3 Å². The molecule has 0 spiro atoms. The number of alkyl halides is 5. The third-order valence-electron chi connectivity index (χ3n) is 3.95. The summed E-state index contributed by atoms with van der Waals surface area (Å²) >= 11 is 0. The topological polar surface area (TPSA) is 32.3 Å². The van der Waals surface area contributed by atoms with E-state index in [1.54, 1.807) is 0 Å². The van der Waals surface area contributed by atoms with Crippen LogP contribution in [0.1, 0.15) is 27.0 Å². The average molecular weight is 320 g/mol. The number of hydrogen-bond acceptors (Lipinski definition) is 2. The fraction of sp³-hybridized carbons (Fsp3) is 0.500. The molecular formula is C14H13F5N2O. The van der Waals surface area contributed by atoms with Gasteiger partial charge in [0.25, 0.3) is 5.91 Å². The lowest BCUT2D eigenvalue weighted by atomic mass is 9.98. The zero-order chi connectivity index (χ0) is 16.1. The van der Waals surface area contributed by atoms with Crippen LogP contribution < -0.4 is 5.32 Å². The lowest BCUT2D eigenvalue weighted by Gasteiger charge is -2.17. The summed E-state index contributed by atoms with van der Waals surface area (Å²) in [6.45, 7) is -0.506. The molecule has 8 heteroatoms. The quantitative estimate of drug-likeness (QED) is 0.849. The first kappa shape index (κ1) is 15.2. The maximum Gasteiger partial charge on any atom is 0.416 e. The highest BCUT2D eigenvalue weighted by Gasteiger charge is 2.38. The fourth-order valence-electron chi connectivity index (χ4n) is 2.92. The molecule has 1 aromatic rings. The number of benzene rings is 1. The smallest absolute Gasteiger partial charge is 0.348 e. The van der Waals surface area contributed by atoms with Gasteiger partial charge in [-0.1, -0.05) is 0 Å². The van der Waals surface area contributed by atoms with E-state index in [1.807, 2.05) is 0 Å². The van der Waals surface area contributed by atoms with Gasteiger partial charge in [0.15, 0.2) is 0 Å². The van der Waals surface area contributed by atoms with E-state index >= 15 is 0 Å². The van der Waals surface area contributed by atoms with Crippen molar-refractivity contribution in [2.24, 2.45) is 0 Å². The normalized spacial score (nSPS) is 25.4. The molecule has 2 aliphatic heterocycles. The van der Waals surface area contributed by atoms with Crippen LogP contribution in [0.5, 0.6) is 0 Å². The van der Waals surface area contributed by atoms with E-state index < -0.39 is 30.0 Å². The molecule has 2 atom stereocenters. The number of nitrogens with one attached hydrogen (secondary N) is 1. The van der Waals surface area contributed by atoms with Crippen molar-refractivity contribution < 1.29 is 26.7 Å². The van der Waals surface area contributed by atoms with Crippen LogP contribution in [-0.2, 0) is 19.3 Å². The SMILES string of the molecule is O=C1NCc2c1cc(CN1C[C@@H](F)[C@H](F)C1)cc2C(F)(F)F. The number of amides is 1. The van der Waals surface area contributed by atoms with Crippen LogP contribution in [0, 0.1) is 0 Å². The Hall–Kier alpha value is -1.70. The Labute approximate surface area is 123 Å². The molecule has 1 saturated heterocycles. The Balaban J connectivity index is 1.93. The summed E-state index contributed by atoms with van der Waals surface area (Å²) in [6, 6.07) is 2.32. The zero-order valence-electron chi connectivity index (χ0n) is 11.4. The van der Waals surface area contributed by atoms with E-state index in [4.69, 9.17) is 0 Å². The summed E-state index contributed by atoms with van der Waals surface area (Å²) in [4.78, 5) is 13.0. The number of nitrogens with zero attached hydrogens (tertiary/aromatic N) is 1. The van der Waals surface area contributed by atoms with Crippen molar-refractivity contribution in [2.45, 2.75) is 31.6 Å². The molecule has 1 amide bonds. The minimum absolute atomic E-state index is 0.0161. The van der Waals surface area contributed by atoms with Gasteiger partial charge in [-0.2, -0.15) is 13.2 Å². The number of carbonyl (C=O) groups is 1. The second kappa shape index (κ2) is 5.19. The molecule has 22 heavy (non-hydrogen) atoms. The summed E-state index contributed by atoms with van der Waals surface area (Å²) in [5, 5.41) is 2.36. The number of fused-ring (bicyclic) bond motifs is 1. The average Bonchev–Trinajstić information content (AvgIpc) is 2.92. The van der Waals surface area contributed by atoms with E-state index in [9.17, 15) is 26.7 Å². The van der Waals surface area contributed by atoms with Crippen LogP contribution in [0.15, 0.2) is 12.1 Å². The Morgan fingerprint density at radius 3 is 2.41 bits per heavy atom. The molecule has 0 radical (unpaired) electrons. The van der Waals surface area contributed by atoms with Crippen LogP contribution in [0.4, 0.5) is 22.0 Å². The van der Waals surface area contributed by atoms with Crippen LogP contribution >= 0.6 is 0 Å². The van der Waals surface area contributed by atoms with Gasteiger partial charge in [0.1, 0.15) is 12.3 Å². The van der Waals surface area contributed by atoms with Crippen molar-refractivity contribution in [2.75, 3.05) is 13.1 Å². The molecule has 1 fully saturated rings. The highest BCUT2D eigenvalue weighted by Crippen LogP contribution is 2.36. The highest BCUT2D eigenvalue weighted by molar-refractivity contribution is 5.99. The lowest BCUT2D eigenvalue weighted by molar-refractivity contribution is -0.138. The Morgan fingerprint density at radius 2 is 1.82 bits per heavy atom. The molecular weight excluding hydrogens is 307 g/mol. The molecule has 0 aromatic heterocycles. The zero-order valence-corrected chi connectivity index (χ0v) is 11.4. The minimum Gasteiger partial charge on any atom is -0.348 e. The predicted molar refractivity (Wildman–Crippen MR) is 67.7 cm³/mol. The number of halogens is 5. The molecule has 1 N–H and O–H groups in total. The largest absolute Gasteiger partial charge is 0.416 e. The molecule has 2 heterocycles. The van der Waals surface area contributed by atoms with Gasteiger partial charge in [0.2, 0.25) is 0 Å². The third kappa shape index (κ3) is 2.67. The van der Waals surface area contributed by atoms with Gasteiger partial charge in [-0.15, -0.1) is 0 Å². The summed E-state index contributed by atoms with van der Waals surface area (Å²) in [7, 11) is 0. The summed E-state index contributed by atoms with van der Waals surface area (Å²) < 4.78 is 65.7. The van der Waals surface area contributed by atoms with Crippen LogP contribution in [0.3, 0.4) is 0 Å². The maximum absolute atomic E-state index is 13.2. The Kier molecular flexibility index (Phi) is 3.58. The van der Waals surface area contributed by atoms with Gasteiger partial charge in [-0.3, -0.25) is 9.69 Å². The van der Waals surface area contributed by atoms with Crippen molar-refractivity contribution in [1.29, 1.82) is 0 Å². The molecule has 2 aliphatic rings. The van der Waals surface area contributed by atoms with E-state index in [-0.39, 0.29) is 42.9 Å². The van der Waals surface area contributed by atoms with Gasteiger partial charge < -0.3 is 5.32 Å². The van der Waals surface area contributed by atoms with Crippen molar-refractivity contribution in [3.63, 3.8) is 0 Å². The van der Waals surface area contributed by atoms with E-state index in [0.29, 0.717) is 0 Å². The molecule has 120 valence electrons. The first-order valence-corrected chi connectivity index (χ1v) is 6.77. The van der Waals surface area contributed by atoms with Crippen molar-refractivity contribution in [3.05, 3.63) is 34.4 Å². The highest BCUT2D eigenvalue weighted by atomic mass is 19.4. The van der Waals surface area contributed by atoms with E-state index in [0.717, 1.165) is 6.07 Å². The Morgan fingerprint density at radius 1 is 1.18 bits per heavy atom. The van der Waals surface area contributed by atoms with Crippen LogP contribution in [0.25, 0.3) is 0 Å². The van der Waals surface area contributed by atoms with E-state index in [1.165, 1.54) is 11.0 Å². The Bertz CT molecular complexity index is 606. The molecule has 0 bridgehead atoms. The van der Waals surface area contributed by atoms with Gasteiger partial charge in [0, 0.05) is 31.7 Å². The fourth-order valence-corrected chi connectivity index (χ4v) is 2.92. The second-order valence-electron chi connectivity index (χ2n) is 5.58. The number of likely N-dealkylation sites (tertiary alicyclic amines) is 1.